The van der Waals surface area contributed by atoms with Crippen molar-refractivity contribution in [1.82, 2.24) is 4.90 Å². The third-order valence-electron chi connectivity index (χ3n) is 8.36. The SMILES string of the molecule is N#CC1(CCCN2CCC(=C3c4ccccc4C=Cc4ccccc43)CC2)CCc2ccccc21. The van der Waals surface area contributed by atoms with E-state index in [0.29, 0.717) is 0 Å². The van der Waals surface area contributed by atoms with Gasteiger partial charge in [-0.3, -0.25) is 0 Å². The van der Waals surface area contributed by atoms with E-state index < -0.39 is 0 Å². The molecule has 0 spiro atoms. The molecule has 0 bridgehead atoms. The van der Waals surface area contributed by atoms with E-state index in [1.807, 2.05) is 0 Å². The zero-order valence-electron chi connectivity index (χ0n) is 20.3. The molecule has 0 amide bonds. The molecule has 6 rings (SSSR count). The van der Waals surface area contributed by atoms with Crippen molar-refractivity contribution in [3.63, 3.8) is 0 Å². The molecule has 0 saturated carbocycles. The van der Waals surface area contributed by atoms with Crippen LogP contribution in [0.5, 0.6) is 0 Å². The monoisotopic (exact) mass is 456 g/mol. The normalized spacial score (nSPS) is 21.1. The van der Waals surface area contributed by atoms with E-state index in [4.69, 9.17) is 0 Å². The van der Waals surface area contributed by atoms with Crippen LogP contribution >= 0.6 is 0 Å². The first-order valence-electron chi connectivity index (χ1n) is 13.1. The molecule has 0 aromatic heterocycles. The standard InChI is InChI=1S/C33H32N2/c34-24-33(20-16-27-10-3-6-13-31(27)33)19-7-21-35-22-17-28(18-23-35)32-29-11-4-1-8-25(29)14-15-26-9-2-5-12-30(26)32/h1-6,8-15H,7,16-23H2. The Balaban J connectivity index is 1.17. The van der Waals surface area contributed by atoms with Crippen molar-refractivity contribution < 1.29 is 0 Å². The van der Waals surface area contributed by atoms with Gasteiger partial charge in [0.15, 0.2) is 0 Å². The van der Waals surface area contributed by atoms with E-state index in [9.17, 15) is 5.26 Å². The number of likely N-dealkylation sites (tertiary alicyclic amines) is 1. The summed E-state index contributed by atoms with van der Waals surface area (Å²) in [6.45, 7) is 3.29. The van der Waals surface area contributed by atoms with Gasteiger partial charge in [-0.1, -0.05) is 90.5 Å². The van der Waals surface area contributed by atoms with Crippen molar-refractivity contribution in [2.75, 3.05) is 19.6 Å². The summed E-state index contributed by atoms with van der Waals surface area (Å²) in [6.07, 6.45) is 10.8. The van der Waals surface area contributed by atoms with Gasteiger partial charge in [0.1, 0.15) is 0 Å². The van der Waals surface area contributed by atoms with E-state index >= 15 is 0 Å². The number of nitrogens with zero attached hydrogens (tertiary/aromatic N) is 2. The fourth-order valence-corrected chi connectivity index (χ4v) is 6.47. The van der Waals surface area contributed by atoms with Crippen LogP contribution in [0.1, 0.15) is 65.5 Å². The van der Waals surface area contributed by atoms with Crippen molar-refractivity contribution in [3.05, 3.63) is 112 Å². The second-order valence-electron chi connectivity index (χ2n) is 10.3. The molecule has 1 unspecified atom stereocenters. The predicted molar refractivity (Wildman–Crippen MR) is 145 cm³/mol. The summed E-state index contributed by atoms with van der Waals surface area (Å²) in [5.41, 5.74) is 10.8. The number of fused-ring (bicyclic) bond motifs is 3. The lowest BCUT2D eigenvalue weighted by Gasteiger charge is -2.31. The summed E-state index contributed by atoms with van der Waals surface area (Å²) in [5.74, 6) is 0. The van der Waals surface area contributed by atoms with E-state index in [1.165, 1.54) is 39.0 Å². The topological polar surface area (TPSA) is 27.0 Å². The molecule has 1 saturated heterocycles. The maximum absolute atomic E-state index is 10.1. The molecule has 35 heavy (non-hydrogen) atoms. The predicted octanol–water partition coefficient (Wildman–Crippen LogP) is 7.26. The Morgan fingerprint density at radius 2 is 1.40 bits per heavy atom. The van der Waals surface area contributed by atoms with Gasteiger partial charge in [0.25, 0.3) is 0 Å². The van der Waals surface area contributed by atoms with Gasteiger partial charge in [-0.25, -0.2) is 0 Å². The Morgan fingerprint density at radius 1 is 0.771 bits per heavy atom. The minimum atomic E-state index is -0.277. The van der Waals surface area contributed by atoms with Crippen LogP contribution in [-0.2, 0) is 11.8 Å². The Morgan fingerprint density at radius 3 is 2.09 bits per heavy atom. The van der Waals surface area contributed by atoms with Crippen LogP contribution in [0.3, 0.4) is 0 Å². The number of hydrogen-bond acceptors (Lipinski definition) is 2. The first-order valence-corrected chi connectivity index (χ1v) is 13.1. The Bertz CT molecular complexity index is 1290. The summed E-state index contributed by atoms with van der Waals surface area (Å²) in [6, 6.07) is 29.0. The van der Waals surface area contributed by atoms with E-state index in [1.54, 1.807) is 5.57 Å². The van der Waals surface area contributed by atoms with Crippen LogP contribution in [0.25, 0.3) is 17.7 Å². The molecule has 3 aliphatic rings. The Kier molecular flexibility index (Phi) is 5.88. The Labute approximate surface area is 209 Å². The number of piperidine rings is 1. The number of benzene rings is 3. The summed E-state index contributed by atoms with van der Waals surface area (Å²) in [5, 5.41) is 10.1. The summed E-state index contributed by atoms with van der Waals surface area (Å²) in [7, 11) is 0. The molecular weight excluding hydrogens is 424 g/mol. The van der Waals surface area contributed by atoms with Crippen LogP contribution < -0.4 is 0 Å². The smallest absolute Gasteiger partial charge is 0.0828 e. The first kappa shape index (κ1) is 22.1. The molecular formula is C33H32N2. The number of aryl methyl sites for hydroxylation is 1. The third kappa shape index (κ3) is 4.05. The minimum Gasteiger partial charge on any atom is -0.303 e. The lowest BCUT2D eigenvalue weighted by molar-refractivity contribution is 0.245. The molecule has 2 nitrogen and oxygen atoms in total. The van der Waals surface area contributed by atoms with Crippen LogP contribution in [0, 0.1) is 11.3 Å². The second-order valence-corrected chi connectivity index (χ2v) is 10.3. The van der Waals surface area contributed by atoms with Gasteiger partial charge in [-0.05, 0) is 84.0 Å². The van der Waals surface area contributed by atoms with Crippen molar-refractivity contribution >= 4 is 17.7 Å². The van der Waals surface area contributed by atoms with Crippen LogP contribution in [-0.4, -0.2) is 24.5 Å². The molecule has 1 heterocycles. The lowest BCUT2D eigenvalue weighted by atomic mass is 9.79. The number of nitriles is 1. The van der Waals surface area contributed by atoms with Crippen LogP contribution in [0.4, 0.5) is 0 Å². The number of hydrogen-bond donors (Lipinski definition) is 0. The van der Waals surface area contributed by atoms with Crippen molar-refractivity contribution in [1.29, 1.82) is 5.26 Å². The zero-order chi connectivity index (χ0) is 23.7. The van der Waals surface area contributed by atoms with Gasteiger partial charge in [0.05, 0.1) is 11.5 Å². The number of rotatable bonds is 4. The molecule has 3 aromatic carbocycles. The fraction of sp³-hybridized carbons (Fsp3) is 0.303. The van der Waals surface area contributed by atoms with Gasteiger partial charge in [-0.2, -0.15) is 5.26 Å². The first-order chi connectivity index (χ1) is 17.3. The highest BCUT2D eigenvalue weighted by Crippen LogP contribution is 2.42. The van der Waals surface area contributed by atoms with Gasteiger partial charge in [-0.15, -0.1) is 0 Å². The Hall–Kier alpha value is -3.41. The molecule has 174 valence electrons. The molecule has 3 aromatic rings. The highest BCUT2D eigenvalue weighted by Gasteiger charge is 2.38. The highest BCUT2D eigenvalue weighted by atomic mass is 15.1. The van der Waals surface area contributed by atoms with Gasteiger partial charge in [0.2, 0.25) is 0 Å². The molecule has 2 heteroatoms. The van der Waals surface area contributed by atoms with Gasteiger partial charge in [0, 0.05) is 13.1 Å². The summed E-state index contributed by atoms with van der Waals surface area (Å²) >= 11 is 0. The average molecular weight is 457 g/mol. The zero-order valence-corrected chi connectivity index (χ0v) is 20.3. The average Bonchev–Trinajstić information content (AvgIpc) is 3.19. The van der Waals surface area contributed by atoms with Gasteiger partial charge >= 0.3 is 0 Å². The quantitative estimate of drug-likeness (QED) is 0.323. The molecule has 1 aliphatic heterocycles. The lowest BCUT2D eigenvalue weighted by Crippen LogP contribution is -2.33. The second kappa shape index (κ2) is 9.33. The molecule has 2 aliphatic carbocycles. The third-order valence-corrected chi connectivity index (χ3v) is 8.36. The minimum absolute atomic E-state index is 0.277. The van der Waals surface area contributed by atoms with Crippen molar-refractivity contribution in [2.24, 2.45) is 0 Å². The highest BCUT2D eigenvalue weighted by molar-refractivity contribution is 5.94. The molecule has 1 atom stereocenters. The fourth-order valence-electron chi connectivity index (χ4n) is 6.47. The summed E-state index contributed by atoms with van der Waals surface area (Å²) in [4.78, 5) is 2.61. The van der Waals surface area contributed by atoms with Crippen molar-refractivity contribution in [2.45, 2.75) is 43.9 Å². The molecule has 0 N–H and O–H groups in total. The van der Waals surface area contributed by atoms with Crippen molar-refractivity contribution in [3.8, 4) is 6.07 Å². The van der Waals surface area contributed by atoms with E-state index in [2.05, 4.69) is 95.9 Å². The van der Waals surface area contributed by atoms with Crippen LogP contribution in [0.15, 0.2) is 78.4 Å². The van der Waals surface area contributed by atoms with E-state index in [0.717, 1.165) is 58.2 Å². The van der Waals surface area contributed by atoms with E-state index in [-0.39, 0.29) is 5.41 Å². The maximum atomic E-state index is 10.1. The van der Waals surface area contributed by atoms with Crippen LogP contribution in [0.2, 0.25) is 0 Å². The largest absolute Gasteiger partial charge is 0.303 e. The maximum Gasteiger partial charge on any atom is 0.0828 e. The molecule has 1 fully saturated rings. The van der Waals surface area contributed by atoms with Gasteiger partial charge < -0.3 is 4.90 Å². The summed E-state index contributed by atoms with van der Waals surface area (Å²) < 4.78 is 0. The molecule has 0 radical (unpaired) electrons.